The molecule has 0 amide bonds. The molecular formula is C23H26N2O2S. The second kappa shape index (κ2) is 8.33. The third kappa shape index (κ3) is 4.05. The molecule has 146 valence electrons. The molecule has 1 aliphatic heterocycles. The molecule has 3 aromatic rings. The topological polar surface area (TPSA) is 35.8 Å². The SMILES string of the molecule is COc1ccccc1-c1csc(=Nc2cc(C)cc(C)c2)n1CC1CCCO1. The second-order valence-electron chi connectivity index (χ2n) is 7.31. The van der Waals surface area contributed by atoms with Crippen LogP contribution >= 0.6 is 11.3 Å². The minimum Gasteiger partial charge on any atom is -0.496 e. The number of methoxy groups -OCH3 is 1. The first kappa shape index (κ1) is 19.0. The minimum atomic E-state index is 0.237. The summed E-state index contributed by atoms with van der Waals surface area (Å²) in [5, 5.41) is 2.17. The van der Waals surface area contributed by atoms with Crippen molar-refractivity contribution in [3.05, 3.63) is 63.8 Å². The fourth-order valence-electron chi connectivity index (χ4n) is 3.78. The van der Waals surface area contributed by atoms with Crippen LogP contribution in [0.1, 0.15) is 24.0 Å². The summed E-state index contributed by atoms with van der Waals surface area (Å²) in [5.41, 5.74) is 5.66. The van der Waals surface area contributed by atoms with Gasteiger partial charge in [-0.15, -0.1) is 11.3 Å². The predicted octanol–water partition coefficient (Wildman–Crippen LogP) is 5.25. The summed E-state index contributed by atoms with van der Waals surface area (Å²) in [6.07, 6.45) is 2.46. The van der Waals surface area contributed by atoms with E-state index in [9.17, 15) is 0 Å². The van der Waals surface area contributed by atoms with Crippen LogP contribution in [-0.4, -0.2) is 24.4 Å². The second-order valence-corrected chi connectivity index (χ2v) is 8.14. The Balaban J connectivity index is 1.84. The lowest BCUT2D eigenvalue weighted by Gasteiger charge is -2.15. The van der Waals surface area contributed by atoms with E-state index >= 15 is 0 Å². The number of thiazole rings is 1. The van der Waals surface area contributed by atoms with Gasteiger partial charge in [-0.25, -0.2) is 4.99 Å². The zero-order valence-electron chi connectivity index (χ0n) is 16.6. The molecule has 0 aliphatic carbocycles. The Morgan fingerprint density at radius 3 is 2.68 bits per heavy atom. The Labute approximate surface area is 170 Å². The number of aromatic nitrogens is 1. The van der Waals surface area contributed by atoms with Crippen LogP contribution in [0.25, 0.3) is 11.3 Å². The molecule has 2 aromatic carbocycles. The highest BCUT2D eigenvalue weighted by Crippen LogP contribution is 2.31. The van der Waals surface area contributed by atoms with E-state index in [0.29, 0.717) is 0 Å². The monoisotopic (exact) mass is 394 g/mol. The quantitative estimate of drug-likeness (QED) is 0.592. The largest absolute Gasteiger partial charge is 0.496 e. The van der Waals surface area contributed by atoms with Gasteiger partial charge in [0.05, 0.1) is 31.1 Å². The van der Waals surface area contributed by atoms with Gasteiger partial charge in [0.25, 0.3) is 0 Å². The van der Waals surface area contributed by atoms with Gasteiger partial charge in [0.15, 0.2) is 4.80 Å². The van der Waals surface area contributed by atoms with Crippen LogP contribution in [0, 0.1) is 13.8 Å². The highest BCUT2D eigenvalue weighted by atomic mass is 32.1. The Bertz CT molecular complexity index is 1010. The molecule has 2 heterocycles. The van der Waals surface area contributed by atoms with Crippen molar-refractivity contribution in [2.24, 2.45) is 4.99 Å². The van der Waals surface area contributed by atoms with Gasteiger partial charge in [0.2, 0.25) is 0 Å². The Kier molecular flexibility index (Phi) is 5.64. The van der Waals surface area contributed by atoms with E-state index in [1.165, 1.54) is 11.1 Å². The van der Waals surface area contributed by atoms with Crippen LogP contribution in [-0.2, 0) is 11.3 Å². The van der Waals surface area contributed by atoms with Crippen molar-refractivity contribution in [3.63, 3.8) is 0 Å². The molecule has 0 spiro atoms. The van der Waals surface area contributed by atoms with Crippen molar-refractivity contribution < 1.29 is 9.47 Å². The van der Waals surface area contributed by atoms with Crippen molar-refractivity contribution in [3.8, 4) is 17.0 Å². The number of para-hydroxylation sites is 1. The summed E-state index contributed by atoms with van der Waals surface area (Å²) >= 11 is 1.67. The Morgan fingerprint density at radius 2 is 1.96 bits per heavy atom. The lowest BCUT2D eigenvalue weighted by Crippen LogP contribution is -2.24. The van der Waals surface area contributed by atoms with Crippen LogP contribution in [0.15, 0.2) is 52.8 Å². The standard InChI is InChI=1S/C23H26N2O2S/c1-16-11-17(2)13-18(12-16)24-23-25(14-19-7-6-10-27-19)21(15-28-23)20-8-4-5-9-22(20)26-3/h4-5,8-9,11-13,15,19H,6-7,10,14H2,1-3H3. The van der Waals surface area contributed by atoms with Gasteiger partial charge < -0.3 is 14.0 Å². The molecule has 4 rings (SSSR count). The zero-order chi connectivity index (χ0) is 19.5. The Morgan fingerprint density at radius 1 is 1.18 bits per heavy atom. The number of benzene rings is 2. The molecule has 28 heavy (non-hydrogen) atoms. The van der Waals surface area contributed by atoms with Crippen molar-refractivity contribution in [2.75, 3.05) is 13.7 Å². The molecule has 1 aromatic heterocycles. The fourth-order valence-corrected chi connectivity index (χ4v) is 4.71. The minimum absolute atomic E-state index is 0.237. The fraction of sp³-hybridized carbons (Fsp3) is 0.348. The molecule has 0 radical (unpaired) electrons. The van der Waals surface area contributed by atoms with Crippen molar-refractivity contribution >= 4 is 17.0 Å². The molecule has 1 unspecified atom stereocenters. The van der Waals surface area contributed by atoms with E-state index in [4.69, 9.17) is 14.5 Å². The number of hydrogen-bond acceptors (Lipinski definition) is 4. The van der Waals surface area contributed by atoms with Gasteiger partial charge >= 0.3 is 0 Å². The van der Waals surface area contributed by atoms with Gasteiger partial charge in [-0.05, 0) is 62.1 Å². The molecule has 0 saturated carbocycles. The Hall–Kier alpha value is -2.37. The summed E-state index contributed by atoms with van der Waals surface area (Å²) in [5.74, 6) is 0.874. The number of aryl methyl sites for hydroxylation is 2. The van der Waals surface area contributed by atoms with Gasteiger partial charge in [-0.1, -0.05) is 18.2 Å². The van der Waals surface area contributed by atoms with Gasteiger partial charge in [-0.2, -0.15) is 0 Å². The van der Waals surface area contributed by atoms with E-state index < -0.39 is 0 Å². The third-order valence-electron chi connectivity index (χ3n) is 5.02. The normalized spacial score (nSPS) is 17.2. The van der Waals surface area contributed by atoms with Crippen LogP contribution < -0.4 is 9.54 Å². The molecule has 5 heteroatoms. The van der Waals surface area contributed by atoms with Crippen molar-refractivity contribution in [1.82, 2.24) is 4.57 Å². The van der Waals surface area contributed by atoms with Gasteiger partial charge in [0.1, 0.15) is 5.75 Å². The average Bonchev–Trinajstić information content (AvgIpc) is 3.32. The molecule has 4 nitrogen and oxygen atoms in total. The summed E-state index contributed by atoms with van der Waals surface area (Å²) in [6.45, 7) is 5.88. The average molecular weight is 395 g/mol. The number of ether oxygens (including phenoxy) is 2. The lowest BCUT2D eigenvalue weighted by molar-refractivity contribution is 0.0968. The van der Waals surface area contributed by atoms with Crippen molar-refractivity contribution in [1.29, 1.82) is 0 Å². The van der Waals surface area contributed by atoms with E-state index in [2.05, 4.69) is 48.1 Å². The van der Waals surface area contributed by atoms with Crippen molar-refractivity contribution in [2.45, 2.75) is 39.3 Å². The smallest absolute Gasteiger partial charge is 0.190 e. The summed E-state index contributed by atoms with van der Waals surface area (Å²) in [7, 11) is 1.72. The van der Waals surface area contributed by atoms with Crippen LogP contribution in [0.5, 0.6) is 5.75 Å². The van der Waals surface area contributed by atoms with E-state index in [1.54, 1.807) is 18.4 Å². The molecule has 1 fully saturated rings. The van der Waals surface area contributed by atoms with E-state index in [1.807, 2.05) is 18.2 Å². The van der Waals surface area contributed by atoms with Gasteiger partial charge in [0, 0.05) is 17.6 Å². The van der Waals surface area contributed by atoms with Crippen LogP contribution in [0.2, 0.25) is 0 Å². The lowest BCUT2D eigenvalue weighted by atomic mass is 10.1. The molecule has 1 atom stereocenters. The molecule has 1 saturated heterocycles. The first-order chi connectivity index (χ1) is 13.6. The van der Waals surface area contributed by atoms with E-state index in [0.717, 1.165) is 53.5 Å². The molecular weight excluding hydrogens is 368 g/mol. The maximum absolute atomic E-state index is 5.93. The van der Waals surface area contributed by atoms with E-state index in [-0.39, 0.29) is 6.10 Å². The maximum Gasteiger partial charge on any atom is 0.190 e. The third-order valence-corrected chi connectivity index (χ3v) is 5.89. The summed E-state index contributed by atoms with van der Waals surface area (Å²) < 4.78 is 13.8. The summed E-state index contributed by atoms with van der Waals surface area (Å²) in [6, 6.07) is 14.6. The van der Waals surface area contributed by atoms with Crippen LogP contribution in [0.3, 0.4) is 0 Å². The molecule has 0 N–H and O–H groups in total. The number of rotatable bonds is 5. The first-order valence-electron chi connectivity index (χ1n) is 9.70. The molecule has 0 bridgehead atoms. The highest BCUT2D eigenvalue weighted by molar-refractivity contribution is 7.07. The first-order valence-corrected chi connectivity index (χ1v) is 10.6. The highest BCUT2D eigenvalue weighted by Gasteiger charge is 2.20. The van der Waals surface area contributed by atoms with Gasteiger partial charge in [-0.3, -0.25) is 0 Å². The summed E-state index contributed by atoms with van der Waals surface area (Å²) in [4.78, 5) is 5.98. The zero-order valence-corrected chi connectivity index (χ0v) is 17.5. The number of nitrogens with zero attached hydrogens (tertiary/aromatic N) is 2. The predicted molar refractivity (Wildman–Crippen MR) is 114 cm³/mol. The number of hydrogen-bond donors (Lipinski definition) is 0. The maximum atomic E-state index is 5.93. The van der Waals surface area contributed by atoms with Crippen LogP contribution in [0.4, 0.5) is 5.69 Å². The molecule has 1 aliphatic rings.